The highest BCUT2D eigenvalue weighted by atomic mass is 35.5. The van der Waals surface area contributed by atoms with E-state index < -0.39 is 28.1 Å². The smallest absolute Gasteiger partial charge is 0.327 e. The molecule has 3 aromatic rings. The number of nitrogens with zero attached hydrogens (tertiary/aromatic N) is 2. The maximum absolute atomic E-state index is 13.8. The van der Waals surface area contributed by atoms with Crippen LogP contribution in [0.15, 0.2) is 77.5 Å². The second kappa shape index (κ2) is 13.7. The van der Waals surface area contributed by atoms with Gasteiger partial charge in [-0.25, -0.2) is 8.42 Å². The second-order valence-corrected chi connectivity index (χ2v) is 13.7. The fourth-order valence-corrected chi connectivity index (χ4v) is 6.07. The van der Waals surface area contributed by atoms with Crippen LogP contribution in [-0.2, 0) is 19.6 Å². The van der Waals surface area contributed by atoms with Crippen LogP contribution in [0.2, 0.25) is 10.0 Å². The number of esters is 1. The number of hydrogen-bond acceptors (Lipinski definition) is 8. The minimum atomic E-state index is -4.26. The van der Waals surface area contributed by atoms with Crippen molar-refractivity contribution in [1.29, 1.82) is 0 Å². The van der Waals surface area contributed by atoms with Crippen molar-refractivity contribution in [2.75, 3.05) is 38.0 Å². The molecule has 0 aliphatic carbocycles. The topological polar surface area (TPSA) is 131 Å². The third-order valence-electron chi connectivity index (χ3n) is 5.89. The number of nitrogens with one attached hydrogen (secondary N) is 1. The monoisotopic (exact) mass is 633 g/mol. The Morgan fingerprint density at radius 1 is 0.952 bits per heavy atom. The predicted octanol–water partition coefficient (Wildman–Crippen LogP) is 4.93. The van der Waals surface area contributed by atoms with Gasteiger partial charge in [0.15, 0.2) is 0 Å². The zero-order valence-corrected chi connectivity index (χ0v) is 26.6. The standard InChI is InChI=1S/C30H37Cl2N5O4S/c1-30(2,3)41-29(38)19-37(42(39,40)26-17-23(31)16-24(32)18-26)25-9-8-20-14-22(7-6-21(20)15-25)27(33)10-11-28(34)35-12-13-36(4)5/h6-11,14-18,35H,12-13,19,33-34H2,1-5H3/b27-10-,28-11+. The fourth-order valence-electron chi connectivity index (χ4n) is 3.94. The van der Waals surface area contributed by atoms with Gasteiger partial charge in [-0.05, 0) is 99.8 Å². The molecule has 0 amide bonds. The lowest BCUT2D eigenvalue weighted by Crippen LogP contribution is -2.39. The van der Waals surface area contributed by atoms with Crippen LogP contribution in [0.1, 0.15) is 26.3 Å². The van der Waals surface area contributed by atoms with Gasteiger partial charge in [0.2, 0.25) is 0 Å². The number of allylic oxidation sites excluding steroid dienone is 2. The highest BCUT2D eigenvalue weighted by Gasteiger charge is 2.30. The third kappa shape index (κ3) is 9.29. The number of rotatable bonds is 11. The Bertz CT molecular complexity index is 1600. The van der Waals surface area contributed by atoms with Crippen molar-refractivity contribution in [2.24, 2.45) is 11.5 Å². The zero-order valence-electron chi connectivity index (χ0n) is 24.3. The number of ether oxygens (including phenoxy) is 1. The third-order valence-corrected chi connectivity index (χ3v) is 8.08. The van der Waals surface area contributed by atoms with Crippen molar-refractivity contribution in [3.05, 3.63) is 88.2 Å². The van der Waals surface area contributed by atoms with Crippen molar-refractivity contribution in [3.63, 3.8) is 0 Å². The summed E-state index contributed by atoms with van der Waals surface area (Å²) in [4.78, 5) is 14.7. The van der Waals surface area contributed by atoms with Crippen LogP contribution in [0.5, 0.6) is 0 Å². The van der Waals surface area contributed by atoms with Crippen LogP contribution in [0.3, 0.4) is 0 Å². The van der Waals surface area contributed by atoms with E-state index in [1.54, 1.807) is 51.1 Å². The van der Waals surface area contributed by atoms with Crippen LogP contribution >= 0.6 is 23.2 Å². The SMILES string of the molecule is CN(C)CCN/C(N)=C/C=C(\N)c1ccc2cc(N(CC(=O)OC(C)(C)C)S(=O)(=O)c3cc(Cl)cc(Cl)c3)ccc2c1. The Balaban J connectivity index is 1.97. The van der Waals surface area contributed by atoms with Gasteiger partial charge in [-0.3, -0.25) is 9.10 Å². The van der Waals surface area contributed by atoms with Gasteiger partial charge in [-0.15, -0.1) is 0 Å². The Morgan fingerprint density at radius 3 is 2.19 bits per heavy atom. The lowest BCUT2D eigenvalue weighted by atomic mass is 10.0. The first-order valence-electron chi connectivity index (χ1n) is 13.1. The van der Waals surface area contributed by atoms with E-state index in [4.69, 9.17) is 39.4 Å². The fraction of sp³-hybridized carbons (Fsp3) is 0.300. The normalized spacial score (nSPS) is 13.0. The van der Waals surface area contributed by atoms with Crippen LogP contribution in [0.4, 0.5) is 5.69 Å². The molecule has 5 N–H and O–H groups in total. The highest BCUT2D eigenvalue weighted by molar-refractivity contribution is 7.92. The van der Waals surface area contributed by atoms with Crippen molar-refractivity contribution in [2.45, 2.75) is 31.3 Å². The molecule has 0 heterocycles. The van der Waals surface area contributed by atoms with Gasteiger partial charge in [0, 0.05) is 28.8 Å². The van der Waals surface area contributed by atoms with Gasteiger partial charge in [0.05, 0.1) is 16.4 Å². The van der Waals surface area contributed by atoms with E-state index in [0.717, 1.165) is 27.2 Å². The first-order chi connectivity index (χ1) is 19.5. The minimum Gasteiger partial charge on any atom is -0.459 e. The maximum atomic E-state index is 13.8. The molecule has 42 heavy (non-hydrogen) atoms. The lowest BCUT2D eigenvalue weighted by Gasteiger charge is -2.26. The summed E-state index contributed by atoms with van der Waals surface area (Å²) in [5.41, 5.74) is 13.0. The molecule has 0 fully saturated rings. The van der Waals surface area contributed by atoms with Gasteiger partial charge in [0.1, 0.15) is 12.1 Å². The summed E-state index contributed by atoms with van der Waals surface area (Å²) in [5.74, 6) is -0.214. The molecule has 0 aliphatic heterocycles. The number of anilines is 1. The first kappa shape index (κ1) is 33.1. The van der Waals surface area contributed by atoms with E-state index in [2.05, 4.69) is 5.32 Å². The highest BCUT2D eigenvalue weighted by Crippen LogP contribution is 2.31. The molecule has 9 nitrogen and oxygen atoms in total. The molecule has 3 rings (SSSR count). The average Bonchev–Trinajstić information content (AvgIpc) is 2.88. The molecule has 0 aromatic heterocycles. The Kier molecular flexibility index (Phi) is 10.8. The van der Waals surface area contributed by atoms with Gasteiger partial charge in [0.25, 0.3) is 10.0 Å². The summed E-state index contributed by atoms with van der Waals surface area (Å²) in [7, 11) is -0.297. The lowest BCUT2D eigenvalue weighted by molar-refractivity contribution is -0.152. The molecule has 0 bridgehead atoms. The van der Waals surface area contributed by atoms with Gasteiger partial charge in [-0.1, -0.05) is 41.4 Å². The number of nitrogens with two attached hydrogens (primary N) is 2. The zero-order chi connectivity index (χ0) is 31.2. The molecule has 12 heteroatoms. The maximum Gasteiger partial charge on any atom is 0.327 e. The van der Waals surface area contributed by atoms with Gasteiger partial charge in [-0.2, -0.15) is 0 Å². The van der Waals surface area contributed by atoms with Gasteiger partial charge >= 0.3 is 5.97 Å². The Morgan fingerprint density at radius 2 is 1.57 bits per heavy atom. The summed E-state index contributed by atoms with van der Waals surface area (Å²) in [6.07, 6.45) is 3.43. The summed E-state index contributed by atoms with van der Waals surface area (Å²) in [6, 6.07) is 14.6. The summed E-state index contributed by atoms with van der Waals surface area (Å²) in [6.45, 7) is 6.11. The molecule has 0 radical (unpaired) electrons. The number of benzene rings is 3. The van der Waals surface area contributed by atoms with Crippen LogP contribution in [-0.4, -0.2) is 58.6 Å². The second-order valence-electron chi connectivity index (χ2n) is 10.9. The van der Waals surface area contributed by atoms with Crippen LogP contribution in [0, 0.1) is 0 Å². The minimum absolute atomic E-state index is 0.149. The molecular weight excluding hydrogens is 597 g/mol. The number of fused-ring (bicyclic) bond motifs is 1. The molecule has 0 spiro atoms. The molecule has 0 atom stereocenters. The molecule has 0 saturated heterocycles. The molecule has 0 saturated carbocycles. The number of hydrogen-bond donors (Lipinski definition) is 3. The predicted molar refractivity (Wildman–Crippen MR) is 172 cm³/mol. The first-order valence-corrected chi connectivity index (χ1v) is 15.3. The van der Waals surface area contributed by atoms with Gasteiger partial charge < -0.3 is 26.4 Å². The molecule has 226 valence electrons. The number of halogens is 2. The van der Waals surface area contributed by atoms with E-state index in [1.165, 1.54) is 18.2 Å². The largest absolute Gasteiger partial charge is 0.459 e. The number of carbonyl (C=O) groups excluding carboxylic acids is 1. The van der Waals surface area contributed by atoms with E-state index >= 15 is 0 Å². The van der Waals surface area contributed by atoms with E-state index in [1.807, 2.05) is 37.2 Å². The summed E-state index contributed by atoms with van der Waals surface area (Å²) < 4.78 is 34.0. The van der Waals surface area contributed by atoms with Crippen molar-refractivity contribution < 1.29 is 17.9 Å². The van der Waals surface area contributed by atoms with Crippen LogP contribution in [0.25, 0.3) is 16.5 Å². The average molecular weight is 635 g/mol. The number of likely N-dealkylation sites (N-methyl/N-ethyl adjacent to an activating group) is 1. The Labute approximate surface area is 257 Å². The summed E-state index contributed by atoms with van der Waals surface area (Å²) >= 11 is 12.2. The van der Waals surface area contributed by atoms with Crippen molar-refractivity contribution in [1.82, 2.24) is 10.2 Å². The molecule has 0 unspecified atom stereocenters. The number of carbonyl (C=O) groups is 1. The van der Waals surface area contributed by atoms with Crippen LogP contribution < -0.4 is 21.1 Å². The molecular formula is C30H37Cl2N5O4S. The Hall–Kier alpha value is -3.44. The van der Waals surface area contributed by atoms with E-state index in [0.29, 0.717) is 18.1 Å². The van der Waals surface area contributed by atoms with E-state index in [9.17, 15) is 13.2 Å². The van der Waals surface area contributed by atoms with E-state index in [-0.39, 0.29) is 20.6 Å². The van der Waals surface area contributed by atoms with Crippen molar-refractivity contribution in [3.8, 4) is 0 Å². The number of sulfonamides is 1. The summed E-state index contributed by atoms with van der Waals surface area (Å²) in [5, 5.41) is 4.96. The van der Waals surface area contributed by atoms with Crippen molar-refractivity contribution >= 4 is 61.4 Å². The quantitative estimate of drug-likeness (QED) is 0.200. The molecule has 3 aromatic carbocycles. The molecule has 0 aliphatic rings.